The van der Waals surface area contributed by atoms with Crippen molar-refractivity contribution in [2.45, 2.75) is 13.8 Å². The molecule has 1 aromatic heterocycles. The lowest BCUT2D eigenvalue weighted by atomic mass is 10.1. The number of carbonyl (C=O) groups excluding carboxylic acids is 1. The largest absolute Gasteiger partial charge is 0.481 e. The maximum Gasteiger partial charge on any atom is 0.307 e. The lowest BCUT2D eigenvalue weighted by Crippen LogP contribution is -2.17. The third kappa shape index (κ3) is 1.98. The number of amides is 1. The maximum atomic E-state index is 11.9. The molecule has 1 aliphatic carbocycles. The molecule has 0 aromatic carbocycles. The van der Waals surface area contributed by atoms with Gasteiger partial charge in [0.05, 0.1) is 29.9 Å². The minimum Gasteiger partial charge on any atom is -0.481 e. The van der Waals surface area contributed by atoms with Crippen molar-refractivity contribution in [3.63, 3.8) is 0 Å². The fraction of sp³-hybridized carbons (Fsp3) is 0.455. The number of nitrogens with zero attached hydrogens (tertiary/aromatic N) is 2. The minimum absolute atomic E-state index is 0.294. The summed E-state index contributed by atoms with van der Waals surface area (Å²) in [7, 11) is 0. The van der Waals surface area contributed by atoms with Gasteiger partial charge in [0.1, 0.15) is 6.33 Å². The molecule has 2 rings (SSSR count). The van der Waals surface area contributed by atoms with Gasteiger partial charge < -0.3 is 10.4 Å². The molecule has 0 saturated heterocycles. The zero-order valence-electron chi connectivity index (χ0n) is 9.54. The Balaban J connectivity index is 2.06. The van der Waals surface area contributed by atoms with Gasteiger partial charge in [0.2, 0.25) is 5.91 Å². The van der Waals surface area contributed by atoms with Crippen LogP contribution in [0.2, 0.25) is 0 Å². The van der Waals surface area contributed by atoms with Gasteiger partial charge in [-0.1, -0.05) is 13.8 Å². The fourth-order valence-corrected chi connectivity index (χ4v) is 2.17. The minimum atomic E-state index is -0.931. The van der Waals surface area contributed by atoms with Gasteiger partial charge >= 0.3 is 5.97 Å². The topological polar surface area (TPSA) is 92.2 Å². The quantitative estimate of drug-likeness (QED) is 0.807. The first kappa shape index (κ1) is 11.5. The number of carbonyl (C=O) groups is 2. The molecule has 0 unspecified atom stereocenters. The Morgan fingerprint density at radius 3 is 2.35 bits per heavy atom. The molecular formula is C11H13N3O3. The normalized spacial score (nSPS) is 25.1. The van der Waals surface area contributed by atoms with Crippen molar-refractivity contribution in [3.8, 4) is 0 Å². The highest BCUT2D eigenvalue weighted by atomic mass is 16.4. The summed E-state index contributed by atoms with van der Waals surface area (Å²) < 4.78 is 0. The molecule has 2 N–H and O–H groups in total. The number of carboxylic acids is 1. The van der Waals surface area contributed by atoms with E-state index in [2.05, 4.69) is 15.3 Å². The van der Waals surface area contributed by atoms with E-state index < -0.39 is 23.2 Å². The number of aliphatic carboxylic acids is 1. The van der Waals surface area contributed by atoms with E-state index >= 15 is 0 Å². The first-order chi connectivity index (χ1) is 7.94. The van der Waals surface area contributed by atoms with Crippen LogP contribution in [-0.2, 0) is 9.59 Å². The Labute approximate surface area is 98.1 Å². The highest BCUT2D eigenvalue weighted by Crippen LogP contribution is 2.58. The molecule has 1 saturated carbocycles. The molecule has 1 heterocycles. The molecule has 1 aliphatic rings. The van der Waals surface area contributed by atoms with Crippen LogP contribution in [0.5, 0.6) is 0 Å². The maximum absolute atomic E-state index is 11.9. The van der Waals surface area contributed by atoms with Gasteiger partial charge in [-0.15, -0.1) is 0 Å². The monoisotopic (exact) mass is 235 g/mol. The van der Waals surface area contributed by atoms with Gasteiger partial charge in [-0.3, -0.25) is 9.59 Å². The number of nitrogens with one attached hydrogen (secondary N) is 1. The first-order valence-corrected chi connectivity index (χ1v) is 5.23. The van der Waals surface area contributed by atoms with Crippen molar-refractivity contribution in [2.24, 2.45) is 17.3 Å². The molecule has 90 valence electrons. The van der Waals surface area contributed by atoms with Crippen molar-refractivity contribution in [2.75, 3.05) is 5.32 Å². The van der Waals surface area contributed by atoms with Crippen molar-refractivity contribution < 1.29 is 14.7 Å². The molecule has 0 aliphatic heterocycles. The van der Waals surface area contributed by atoms with Crippen LogP contribution in [0.4, 0.5) is 5.69 Å². The molecule has 6 nitrogen and oxygen atoms in total. The Morgan fingerprint density at radius 2 is 1.88 bits per heavy atom. The van der Waals surface area contributed by atoms with E-state index in [1.807, 2.05) is 0 Å². The molecular weight excluding hydrogens is 222 g/mol. The van der Waals surface area contributed by atoms with E-state index in [-0.39, 0.29) is 5.91 Å². The number of hydrogen-bond acceptors (Lipinski definition) is 4. The molecule has 1 fully saturated rings. The van der Waals surface area contributed by atoms with Crippen LogP contribution in [0.15, 0.2) is 18.7 Å². The van der Waals surface area contributed by atoms with Crippen LogP contribution in [0, 0.1) is 17.3 Å². The molecule has 1 amide bonds. The van der Waals surface area contributed by atoms with E-state index in [0.29, 0.717) is 5.69 Å². The first-order valence-electron chi connectivity index (χ1n) is 5.23. The van der Waals surface area contributed by atoms with Crippen LogP contribution in [0.3, 0.4) is 0 Å². The van der Waals surface area contributed by atoms with Crippen LogP contribution in [-0.4, -0.2) is 27.0 Å². The predicted octanol–water partition coefficient (Wildman–Crippen LogP) is 0.772. The smallest absolute Gasteiger partial charge is 0.307 e. The van der Waals surface area contributed by atoms with E-state index in [1.54, 1.807) is 13.8 Å². The summed E-state index contributed by atoms with van der Waals surface area (Å²) in [6, 6.07) is 0. The van der Waals surface area contributed by atoms with E-state index in [1.165, 1.54) is 18.7 Å². The van der Waals surface area contributed by atoms with Crippen molar-refractivity contribution in [1.82, 2.24) is 9.97 Å². The fourth-order valence-electron chi connectivity index (χ4n) is 2.17. The summed E-state index contributed by atoms with van der Waals surface area (Å²) >= 11 is 0. The summed E-state index contributed by atoms with van der Waals surface area (Å²) in [4.78, 5) is 30.3. The zero-order chi connectivity index (χ0) is 12.6. The van der Waals surface area contributed by atoms with Gasteiger partial charge in [-0.05, 0) is 5.41 Å². The predicted molar refractivity (Wildman–Crippen MR) is 59.1 cm³/mol. The van der Waals surface area contributed by atoms with Gasteiger partial charge in [-0.2, -0.15) is 0 Å². The van der Waals surface area contributed by atoms with Gasteiger partial charge in [0.15, 0.2) is 0 Å². The van der Waals surface area contributed by atoms with Gasteiger partial charge in [-0.25, -0.2) is 9.97 Å². The zero-order valence-corrected chi connectivity index (χ0v) is 9.54. The second-order valence-electron chi connectivity index (χ2n) is 4.73. The Morgan fingerprint density at radius 1 is 1.29 bits per heavy atom. The van der Waals surface area contributed by atoms with Gasteiger partial charge in [0.25, 0.3) is 0 Å². The number of aromatic nitrogens is 2. The average molecular weight is 235 g/mol. The summed E-state index contributed by atoms with van der Waals surface area (Å²) in [5.74, 6) is -2.34. The second kappa shape index (κ2) is 3.80. The van der Waals surface area contributed by atoms with Crippen molar-refractivity contribution in [1.29, 1.82) is 0 Å². The molecule has 1 aromatic rings. The molecule has 2 atom stereocenters. The number of rotatable bonds is 3. The molecule has 17 heavy (non-hydrogen) atoms. The highest BCUT2D eigenvalue weighted by molar-refractivity contribution is 5.99. The Kier molecular flexibility index (Phi) is 2.57. The second-order valence-corrected chi connectivity index (χ2v) is 4.73. The van der Waals surface area contributed by atoms with E-state index in [4.69, 9.17) is 5.11 Å². The molecule has 0 bridgehead atoms. The van der Waals surface area contributed by atoms with Gasteiger partial charge in [0, 0.05) is 0 Å². The highest BCUT2D eigenvalue weighted by Gasteiger charge is 2.65. The van der Waals surface area contributed by atoms with Crippen LogP contribution < -0.4 is 5.32 Å². The molecule has 0 spiro atoms. The number of anilines is 1. The van der Waals surface area contributed by atoms with E-state index in [9.17, 15) is 9.59 Å². The number of hydrogen-bond donors (Lipinski definition) is 2. The summed E-state index contributed by atoms with van der Waals surface area (Å²) in [5, 5.41) is 11.6. The average Bonchev–Trinajstić information content (AvgIpc) is 2.83. The Hall–Kier alpha value is -1.98. The van der Waals surface area contributed by atoms with Crippen LogP contribution in [0.25, 0.3) is 0 Å². The van der Waals surface area contributed by atoms with Crippen molar-refractivity contribution >= 4 is 17.6 Å². The van der Waals surface area contributed by atoms with Crippen LogP contribution >= 0.6 is 0 Å². The van der Waals surface area contributed by atoms with Crippen molar-refractivity contribution in [3.05, 3.63) is 18.7 Å². The number of carboxylic acid groups (broad SMARTS) is 1. The lowest BCUT2D eigenvalue weighted by molar-refractivity contribution is -0.140. The molecule has 6 heteroatoms. The Bertz CT molecular complexity index is 458. The summed E-state index contributed by atoms with van der Waals surface area (Å²) in [6.07, 6.45) is 4.29. The van der Waals surface area contributed by atoms with E-state index in [0.717, 1.165) is 0 Å². The molecule has 0 radical (unpaired) electrons. The third-order valence-electron chi connectivity index (χ3n) is 3.20. The summed E-state index contributed by atoms with van der Waals surface area (Å²) in [6.45, 7) is 3.55. The lowest BCUT2D eigenvalue weighted by Gasteiger charge is -2.04. The SMILES string of the molecule is CC1(C)[C@H](C(=O)O)[C@@H]1C(=O)Nc1cncnc1. The van der Waals surface area contributed by atoms with Crippen LogP contribution in [0.1, 0.15) is 13.8 Å². The summed E-state index contributed by atoms with van der Waals surface area (Å²) in [5.41, 5.74) is -0.0183. The third-order valence-corrected chi connectivity index (χ3v) is 3.20. The standard InChI is InChI=1S/C11H13N3O3/c1-11(2)7(8(11)10(16)17)9(15)14-6-3-12-5-13-4-6/h3-5,7-8H,1-2H3,(H,14,15)(H,16,17)/t7-,8+/m1/s1.